The van der Waals surface area contributed by atoms with Crippen molar-refractivity contribution in [3.05, 3.63) is 52.2 Å². The molecule has 0 unspecified atom stereocenters. The van der Waals surface area contributed by atoms with Crippen molar-refractivity contribution in [2.75, 3.05) is 6.61 Å². The lowest BCUT2D eigenvalue weighted by Crippen LogP contribution is -2.21. The van der Waals surface area contributed by atoms with Gasteiger partial charge in [-0.25, -0.2) is 5.43 Å². The summed E-state index contributed by atoms with van der Waals surface area (Å²) >= 11 is 1.34. The maximum Gasteiger partial charge on any atom is 0.281 e. The second-order valence-electron chi connectivity index (χ2n) is 4.37. The largest absolute Gasteiger partial charge is 0.483 e. The number of amides is 2. The zero-order chi connectivity index (χ0) is 15.9. The molecule has 0 saturated heterocycles. The molecule has 22 heavy (non-hydrogen) atoms. The lowest BCUT2D eigenvalue weighted by Gasteiger charge is -2.09. The first-order chi connectivity index (χ1) is 10.6. The molecule has 7 heteroatoms. The van der Waals surface area contributed by atoms with Crippen molar-refractivity contribution in [1.29, 1.82) is 0 Å². The van der Waals surface area contributed by atoms with Crippen molar-refractivity contribution < 1.29 is 14.3 Å². The Hall–Kier alpha value is -2.67. The van der Waals surface area contributed by atoms with Crippen LogP contribution in [0.25, 0.3) is 0 Å². The van der Waals surface area contributed by atoms with E-state index in [2.05, 4.69) is 10.5 Å². The van der Waals surface area contributed by atoms with Gasteiger partial charge in [-0.15, -0.1) is 11.3 Å². The highest BCUT2D eigenvalue weighted by molar-refractivity contribution is 7.12. The first-order valence-electron chi connectivity index (χ1n) is 6.46. The first kappa shape index (κ1) is 15.7. The second-order valence-corrected chi connectivity index (χ2v) is 5.31. The molecule has 0 radical (unpaired) electrons. The van der Waals surface area contributed by atoms with E-state index in [4.69, 9.17) is 10.5 Å². The third kappa shape index (κ3) is 4.16. The number of para-hydroxylation sites is 1. The molecule has 114 valence electrons. The summed E-state index contributed by atoms with van der Waals surface area (Å²) in [5, 5.41) is 5.88. The number of benzene rings is 1. The van der Waals surface area contributed by atoms with Gasteiger partial charge in [0.1, 0.15) is 5.75 Å². The minimum atomic E-state index is -0.560. The summed E-state index contributed by atoms with van der Waals surface area (Å²) < 4.78 is 5.33. The van der Waals surface area contributed by atoms with E-state index in [1.165, 1.54) is 11.3 Å². The quantitative estimate of drug-likeness (QED) is 0.628. The summed E-state index contributed by atoms with van der Waals surface area (Å²) in [7, 11) is 0. The Morgan fingerprint density at radius 3 is 2.73 bits per heavy atom. The summed E-state index contributed by atoms with van der Waals surface area (Å²) in [4.78, 5) is 23.2. The molecular weight excluding hydrogens is 302 g/mol. The third-order valence-corrected chi connectivity index (χ3v) is 3.59. The molecule has 1 heterocycles. The number of thiophene rings is 1. The van der Waals surface area contributed by atoms with Gasteiger partial charge in [-0.2, -0.15) is 5.10 Å². The fourth-order valence-electron chi connectivity index (χ4n) is 1.70. The van der Waals surface area contributed by atoms with Crippen LogP contribution in [0.1, 0.15) is 22.2 Å². The SMILES string of the molecule is CC(=NNC(=O)c1cccs1)c1ccccc1OCC(N)=O. The number of rotatable bonds is 6. The van der Waals surface area contributed by atoms with E-state index in [1.54, 1.807) is 37.3 Å². The predicted molar refractivity (Wildman–Crippen MR) is 85.1 cm³/mol. The van der Waals surface area contributed by atoms with Crippen LogP contribution in [0.2, 0.25) is 0 Å². The molecule has 2 amide bonds. The van der Waals surface area contributed by atoms with Crippen LogP contribution in [-0.2, 0) is 4.79 Å². The Labute approximate surface area is 131 Å². The third-order valence-electron chi connectivity index (χ3n) is 2.72. The summed E-state index contributed by atoms with van der Waals surface area (Å²) in [5.41, 5.74) is 8.79. The smallest absolute Gasteiger partial charge is 0.281 e. The molecule has 2 rings (SSSR count). The van der Waals surface area contributed by atoms with Gasteiger partial charge in [0, 0.05) is 5.56 Å². The van der Waals surface area contributed by atoms with E-state index in [0.29, 0.717) is 21.9 Å². The number of hydrogen-bond acceptors (Lipinski definition) is 5. The van der Waals surface area contributed by atoms with Crippen LogP contribution < -0.4 is 15.9 Å². The number of carbonyl (C=O) groups excluding carboxylic acids is 2. The van der Waals surface area contributed by atoms with Crippen LogP contribution in [0.4, 0.5) is 0 Å². The van der Waals surface area contributed by atoms with Crippen molar-refractivity contribution >= 4 is 28.9 Å². The number of nitrogens with two attached hydrogens (primary N) is 1. The van der Waals surface area contributed by atoms with E-state index in [0.717, 1.165) is 0 Å². The minimum Gasteiger partial charge on any atom is -0.483 e. The van der Waals surface area contributed by atoms with Crippen molar-refractivity contribution in [3.63, 3.8) is 0 Å². The van der Waals surface area contributed by atoms with Crippen molar-refractivity contribution in [2.24, 2.45) is 10.8 Å². The fraction of sp³-hybridized carbons (Fsp3) is 0.133. The summed E-state index contributed by atoms with van der Waals surface area (Å²) in [6.07, 6.45) is 0. The van der Waals surface area contributed by atoms with Gasteiger partial charge >= 0.3 is 0 Å². The van der Waals surface area contributed by atoms with Crippen molar-refractivity contribution in [2.45, 2.75) is 6.92 Å². The van der Waals surface area contributed by atoms with Gasteiger partial charge in [0.25, 0.3) is 11.8 Å². The number of nitrogens with zero attached hydrogens (tertiary/aromatic N) is 1. The van der Waals surface area contributed by atoms with Gasteiger partial charge in [-0.3, -0.25) is 9.59 Å². The van der Waals surface area contributed by atoms with E-state index in [-0.39, 0.29) is 12.5 Å². The van der Waals surface area contributed by atoms with Gasteiger partial charge in [-0.1, -0.05) is 18.2 Å². The fourth-order valence-corrected chi connectivity index (χ4v) is 2.31. The molecule has 0 saturated carbocycles. The monoisotopic (exact) mass is 317 g/mol. The minimum absolute atomic E-state index is 0.216. The van der Waals surface area contributed by atoms with Crippen molar-refractivity contribution in [1.82, 2.24) is 5.43 Å². The molecule has 0 aliphatic rings. The normalized spacial score (nSPS) is 11.0. The van der Waals surface area contributed by atoms with Crippen LogP contribution in [0.5, 0.6) is 5.75 Å². The molecule has 0 aliphatic heterocycles. The van der Waals surface area contributed by atoms with Crippen molar-refractivity contribution in [3.8, 4) is 5.75 Å². The Morgan fingerprint density at radius 2 is 2.05 bits per heavy atom. The summed E-state index contributed by atoms with van der Waals surface area (Å²) in [6, 6.07) is 10.6. The van der Waals surface area contributed by atoms with Crippen LogP contribution >= 0.6 is 11.3 Å². The van der Waals surface area contributed by atoms with Gasteiger partial charge in [0.15, 0.2) is 6.61 Å². The average Bonchev–Trinajstić information content (AvgIpc) is 3.05. The zero-order valence-electron chi connectivity index (χ0n) is 11.9. The van der Waals surface area contributed by atoms with E-state index < -0.39 is 5.91 Å². The van der Waals surface area contributed by atoms with E-state index in [1.807, 2.05) is 11.4 Å². The molecule has 0 fully saturated rings. The maximum absolute atomic E-state index is 11.8. The molecule has 0 spiro atoms. The second kappa shape index (κ2) is 7.37. The zero-order valence-corrected chi connectivity index (χ0v) is 12.7. The lowest BCUT2D eigenvalue weighted by molar-refractivity contribution is -0.119. The Morgan fingerprint density at radius 1 is 1.27 bits per heavy atom. The molecule has 0 aliphatic carbocycles. The van der Waals surface area contributed by atoms with Crippen LogP contribution in [0.15, 0.2) is 46.9 Å². The van der Waals surface area contributed by atoms with Crippen LogP contribution in [0.3, 0.4) is 0 Å². The standard InChI is InChI=1S/C15H15N3O3S/c1-10(17-18-15(20)13-7-4-8-22-13)11-5-2-3-6-12(11)21-9-14(16)19/h2-8H,9H2,1H3,(H2,16,19)(H,18,20). The van der Waals surface area contributed by atoms with Crippen LogP contribution in [-0.4, -0.2) is 24.1 Å². The summed E-state index contributed by atoms with van der Waals surface area (Å²) in [6.45, 7) is 1.52. The molecular formula is C15H15N3O3S. The number of hydrogen-bond donors (Lipinski definition) is 2. The molecule has 2 aromatic rings. The number of ether oxygens (including phenoxy) is 1. The molecule has 1 aromatic carbocycles. The van der Waals surface area contributed by atoms with Gasteiger partial charge in [0.2, 0.25) is 0 Å². The topological polar surface area (TPSA) is 93.8 Å². The number of primary amides is 1. The van der Waals surface area contributed by atoms with Gasteiger partial charge < -0.3 is 10.5 Å². The number of hydrazone groups is 1. The molecule has 6 nitrogen and oxygen atoms in total. The highest BCUT2D eigenvalue weighted by atomic mass is 32.1. The maximum atomic E-state index is 11.8. The molecule has 1 aromatic heterocycles. The average molecular weight is 317 g/mol. The Bertz CT molecular complexity index is 696. The van der Waals surface area contributed by atoms with Crippen LogP contribution in [0, 0.1) is 0 Å². The number of carbonyl (C=O) groups is 2. The highest BCUT2D eigenvalue weighted by Crippen LogP contribution is 2.18. The van der Waals surface area contributed by atoms with Gasteiger partial charge in [0.05, 0.1) is 10.6 Å². The number of nitrogens with one attached hydrogen (secondary N) is 1. The van der Waals surface area contributed by atoms with E-state index in [9.17, 15) is 9.59 Å². The summed E-state index contributed by atoms with van der Waals surface area (Å²) in [5.74, 6) is -0.354. The molecule has 0 bridgehead atoms. The predicted octanol–water partition coefficient (Wildman–Crippen LogP) is 1.77. The van der Waals surface area contributed by atoms with E-state index >= 15 is 0 Å². The highest BCUT2D eigenvalue weighted by Gasteiger charge is 2.09. The first-order valence-corrected chi connectivity index (χ1v) is 7.34. The van der Waals surface area contributed by atoms with Gasteiger partial charge in [-0.05, 0) is 30.5 Å². The Kier molecular flexibility index (Phi) is 5.26. The molecule has 0 atom stereocenters. The lowest BCUT2D eigenvalue weighted by atomic mass is 10.1. The Balaban J connectivity index is 2.11. The molecule has 3 N–H and O–H groups in total.